The minimum atomic E-state index is 0.398. The molecule has 0 amide bonds. The van der Waals surface area contributed by atoms with Gasteiger partial charge in [0, 0.05) is 6.04 Å². The molecule has 88 valence electrons. The first-order valence-corrected chi connectivity index (χ1v) is 5.98. The lowest BCUT2D eigenvalue weighted by atomic mass is 9.97. The van der Waals surface area contributed by atoms with Crippen LogP contribution in [0.2, 0.25) is 0 Å². The molecule has 1 aliphatic rings. The van der Waals surface area contributed by atoms with E-state index in [2.05, 4.69) is 28.9 Å². The highest BCUT2D eigenvalue weighted by atomic mass is 16.1. The van der Waals surface area contributed by atoms with E-state index in [9.17, 15) is 4.79 Å². The van der Waals surface area contributed by atoms with Crippen molar-refractivity contribution in [3.05, 3.63) is 17.5 Å². The lowest BCUT2D eigenvalue weighted by Crippen LogP contribution is -2.38. The van der Waals surface area contributed by atoms with Crippen molar-refractivity contribution in [2.45, 2.75) is 45.2 Å². The van der Waals surface area contributed by atoms with Gasteiger partial charge in [-0.2, -0.15) is 5.10 Å². The normalized spacial score (nSPS) is 22.6. The first-order chi connectivity index (χ1) is 7.72. The number of aromatic amines is 1. The number of hydrogen-bond acceptors (Lipinski definition) is 3. The van der Waals surface area contributed by atoms with Crippen molar-refractivity contribution < 1.29 is 4.79 Å². The van der Waals surface area contributed by atoms with Gasteiger partial charge in [0.15, 0.2) is 6.29 Å². The second-order valence-corrected chi connectivity index (χ2v) is 4.71. The molecule has 1 N–H and O–H groups in total. The number of carbonyl (C=O) groups excluding carboxylic acids is 1. The number of aromatic nitrogens is 2. The SMILES string of the molecule is CC(C)N1CCCCC1c1cc(C=O)n[nH]1. The van der Waals surface area contributed by atoms with Crippen LogP contribution in [0.25, 0.3) is 0 Å². The van der Waals surface area contributed by atoms with Crippen LogP contribution in [0.5, 0.6) is 0 Å². The summed E-state index contributed by atoms with van der Waals surface area (Å²) in [6.45, 7) is 5.57. The van der Waals surface area contributed by atoms with Gasteiger partial charge < -0.3 is 0 Å². The van der Waals surface area contributed by atoms with Gasteiger partial charge in [-0.3, -0.25) is 14.8 Å². The first-order valence-electron chi connectivity index (χ1n) is 5.98. The van der Waals surface area contributed by atoms with E-state index in [4.69, 9.17) is 0 Å². The molecule has 1 aliphatic heterocycles. The molecule has 1 atom stereocenters. The van der Waals surface area contributed by atoms with Crippen molar-refractivity contribution in [2.75, 3.05) is 6.54 Å². The highest BCUT2D eigenvalue weighted by Gasteiger charge is 2.27. The quantitative estimate of drug-likeness (QED) is 0.796. The lowest BCUT2D eigenvalue weighted by Gasteiger charge is -2.37. The third-order valence-electron chi connectivity index (χ3n) is 3.30. The van der Waals surface area contributed by atoms with E-state index in [0.717, 1.165) is 24.9 Å². The van der Waals surface area contributed by atoms with Crippen LogP contribution < -0.4 is 0 Å². The average molecular weight is 221 g/mol. The van der Waals surface area contributed by atoms with Crippen LogP contribution in [0.4, 0.5) is 0 Å². The largest absolute Gasteiger partial charge is 0.296 e. The smallest absolute Gasteiger partial charge is 0.170 e. The van der Waals surface area contributed by atoms with E-state index in [1.54, 1.807) is 0 Å². The van der Waals surface area contributed by atoms with E-state index < -0.39 is 0 Å². The van der Waals surface area contributed by atoms with Crippen molar-refractivity contribution >= 4 is 6.29 Å². The predicted molar refractivity (Wildman–Crippen MR) is 62.4 cm³/mol. The van der Waals surface area contributed by atoms with Crippen LogP contribution in [0, 0.1) is 0 Å². The third kappa shape index (κ3) is 2.16. The molecule has 1 aromatic heterocycles. The van der Waals surface area contributed by atoms with Gasteiger partial charge in [0.25, 0.3) is 0 Å². The van der Waals surface area contributed by atoms with Gasteiger partial charge in [0.2, 0.25) is 0 Å². The van der Waals surface area contributed by atoms with Crippen molar-refractivity contribution in [1.29, 1.82) is 0 Å². The van der Waals surface area contributed by atoms with Crippen LogP contribution in [-0.4, -0.2) is 34.0 Å². The second-order valence-electron chi connectivity index (χ2n) is 4.71. The molecule has 1 aromatic rings. The molecule has 0 bridgehead atoms. The predicted octanol–water partition coefficient (Wildman–Crippen LogP) is 2.16. The van der Waals surface area contributed by atoms with Crippen LogP contribution >= 0.6 is 0 Å². The Kier molecular flexibility index (Phi) is 3.39. The summed E-state index contributed by atoms with van der Waals surface area (Å²) in [5.74, 6) is 0. The molecule has 0 radical (unpaired) electrons. The summed E-state index contributed by atoms with van der Waals surface area (Å²) in [7, 11) is 0. The zero-order chi connectivity index (χ0) is 11.5. The summed E-state index contributed by atoms with van der Waals surface area (Å²) >= 11 is 0. The number of aldehydes is 1. The maximum atomic E-state index is 10.6. The summed E-state index contributed by atoms with van der Waals surface area (Å²) in [5, 5.41) is 6.97. The van der Waals surface area contributed by atoms with Crippen molar-refractivity contribution in [3.63, 3.8) is 0 Å². The molecule has 2 rings (SSSR count). The van der Waals surface area contributed by atoms with Crippen LogP contribution in [-0.2, 0) is 0 Å². The summed E-state index contributed by atoms with van der Waals surface area (Å²) in [4.78, 5) is 13.1. The van der Waals surface area contributed by atoms with Gasteiger partial charge >= 0.3 is 0 Å². The minimum Gasteiger partial charge on any atom is -0.296 e. The Hall–Kier alpha value is -1.16. The fourth-order valence-electron chi connectivity index (χ4n) is 2.49. The Bertz CT molecular complexity index is 359. The number of carbonyl (C=O) groups is 1. The zero-order valence-electron chi connectivity index (χ0n) is 9.94. The number of H-pyrrole nitrogens is 1. The molecule has 0 spiro atoms. The van der Waals surface area contributed by atoms with E-state index >= 15 is 0 Å². The fourth-order valence-corrected chi connectivity index (χ4v) is 2.49. The van der Waals surface area contributed by atoms with E-state index in [-0.39, 0.29) is 0 Å². The van der Waals surface area contributed by atoms with Gasteiger partial charge in [0.1, 0.15) is 5.69 Å². The summed E-state index contributed by atoms with van der Waals surface area (Å²) < 4.78 is 0. The maximum Gasteiger partial charge on any atom is 0.170 e. The Labute approximate surface area is 96.0 Å². The van der Waals surface area contributed by atoms with Crippen LogP contribution in [0.1, 0.15) is 55.3 Å². The lowest BCUT2D eigenvalue weighted by molar-refractivity contribution is 0.109. The molecular formula is C12H19N3O. The maximum absolute atomic E-state index is 10.6. The molecular weight excluding hydrogens is 202 g/mol. The monoisotopic (exact) mass is 221 g/mol. The summed E-state index contributed by atoms with van der Waals surface area (Å²) in [6.07, 6.45) is 4.47. The molecule has 0 aliphatic carbocycles. The molecule has 16 heavy (non-hydrogen) atoms. The number of rotatable bonds is 3. The molecule has 1 unspecified atom stereocenters. The Balaban J connectivity index is 2.19. The van der Waals surface area contributed by atoms with Gasteiger partial charge in [0.05, 0.1) is 11.7 Å². The number of hydrogen-bond donors (Lipinski definition) is 1. The third-order valence-corrected chi connectivity index (χ3v) is 3.30. The Morgan fingerprint density at radius 2 is 2.38 bits per heavy atom. The molecule has 4 heteroatoms. The van der Waals surface area contributed by atoms with Crippen molar-refractivity contribution in [1.82, 2.24) is 15.1 Å². The fraction of sp³-hybridized carbons (Fsp3) is 0.667. The average Bonchev–Trinajstić information content (AvgIpc) is 2.77. The first kappa shape index (κ1) is 11.3. The molecule has 2 heterocycles. The van der Waals surface area contributed by atoms with Gasteiger partial charge in [-0.25, -0.2) is 0 Å². The van der Waals surface area contributed by atoms with Crippen molar-refractivity contribution in [2.24, 2.45) is 0 Å². The molecule has 4 nitrogen and oxygen atoms in total. The summed E-state index contributed by atoms with van der Waals surface area (Å²) in [6, 6.07) is 2.81. The minimum absolute atomic E-state index is 0.398. The van der Waals surface area contributed by atoms with Gasteiger partial charge in [-0.05, 0) is 39.3 Å². The molecule has 0 aromatic carbocycles. The van der Waals surface area contributed by atoms with Crippen LogP contribution in [0.3, 0.4) is 0 Å². The highest BCUT2D eigenvalue weighted by Crippen LogP contribution is 2.31. The Morgan fingerprint density at radius 3 is 3.00 bits per heavy atom. The number of nitrogens with zero attached hydrogens (tertiary/aromatic N) is 2. The molecule has 1 fully saturated rings. The zero-order valence-corrected chi connectivity index (χ0v) is 9.94. The van der Waals surface area contributed by atoms with Crippen LogP contribution in [0.15, 0.2) is 6.07 Å². The highest BCUT2D eigenvalue weighted by molar-refractivity contribution is 5.71. The van der Waals surface area contributed by atoms with E-state index in [0.29, 0.717) is 17.8 Å². The Morgan fingerprint density at radius 1 is 1.56 bits per heavy atom. The standard InChI is InChI=1S/C12H19N3O/c1-9(2)15-6-4-3-5-12(15)11-7-10(8-16)13-14-11/h7-9,12H,3-6H2,1-2H3,(H,13,14). The number of nitrogens with one attached hydrogen (secondary N) is 1. The molecule has 1 saturated heterocycles. The second kappa shape index (κ2) is 4.78. The van der Waals surface area contributed by atoms with E-state index in [1.807, 2.05) is 6.07 Å². The topological polar surface area (TPSA) is 49.0 Å². The summed E-state index contributed by atoms with van der Waals surface area (Å²) in [5.41, 5.74) is 1.58. The van der Waals surface area contributed by atoms with Crippen molar-refractivity contribution in [3.8, 4) is 0 Å². The van der Waals surface area contributed by atoms with Gasteiger partial charge in [-0.15, -0.1) is 0 Å². The number of likely N-dealkylation sites (tertiary alicyclic amines) is 1. The van der Waals surface area contributed by atoms with E-state index in [1.165, 1.54) is 12.8 Å². The van der Waals surface area contributed by atoms with Gasteiger partial charge in [-0.1, -0.05) is 6.42 Å². The molecule has 0 saturated carbocycles. The number of piperidine rings is 1.